The first-order valence-corrected chi connectivity index (χ1v) is 6.14. The van der Waals surface area contributed by atoms with Gasteiger partial charge in [-0.05, 0) is 24.5 Å². The van der Waals surface area contributed by atoms with E-state index < -0.39 is 11.0 Å². The fraction of sp³-hybridized carbons (Fsp3) is 0.462. The summed E-state index contributed by atoms with van der Waals surface area (Å²) in [5.41, 5.74) is 0.546. The Morgan fingerprint density at radius 2 is 2.32 bits per heavy atom. The average molecular weight is 261 g/mol. The normalized spacial score (nSPS) is 22.9. The van der Waals surface area contributed by atoms with E-state index >= 15 is 0 Å². The molecule has 6 heteroatoms. The second-order valence-electron chi connectivity index (χ2n) is 4.85. The standard InChI is InChI=1S/C13H15N3O3/c1-9-4-5-15(8-13(9)17)11-3-2-10(7-14)12(6-11)16(18)19/h2-3,6,9,13,17H,4-5,8H2,1H3. The average Bonchev–Trinajstić information content (AvgIpc) is 2.41. The SMILES string of the molecule is CC1CCN(c2ccc(C#N)c([N+](=O)[O-])c2)CC1O. The van der Waals surface area contributed by atoms with E-state index in [4.69, 9.17) is 5.26 Å². The summed E-state index contributed by atoms with van der Waals surface area (Å²) >= 11 is 0. The third-order valence-corrected chi connectivity index (χ3v) is 3.58. The van der Waals surface area contributed by atoms with E-state index in [0.29, 0.717) is 12.2 Å². The number of rotatable bonds is 2. The second-order valence-corrected chi connectivity index (χ2v) is 4.85. The molecule has 19 heavy (non-hydrogen) atoms. The number of hydrogen-bond donors (Lipinski definition) is 1. The van der Waals surface area contributed by atoms with Crippen molar-refractivity contribution in [1.82, 2.24) is 0 Å². The van der Waals surface area contributed by atoms with Gasteiger partial charge in [-0.15, -0.1) is 0 Å². The molecule has 2 atom stereocenters. The van der Waals surface area contributed by atoms with Crippen LogP contribution in [0.2, 0.25) is 0 Å². The first-order chi connectivity index (χ1) is 9.02. The number of nitrogens with zero attached hydrogens (tertiary/aromatic N) is 3. The van der Waals surface area contributed by atoms with E-state index in [1.807, 2.05) is 17.9 Å². The molecule has 2 rings (SSSR count). The fourth-order valence-electron chi connectivity index (χ4n) is 2.25. The second kappa shape index (κ2) is 5.24. The van der Waals surface area contributed by atoms with Crippen LogP contribution in [-0.4, -0.2) is 29.2 Å². The van der Waals surface area contributed by atoms with Gasteiger partial charge < -0.3 is 10.0 Å². The predicted octanol–water partition coefficient (Wildman–Crippen LogP) is 1.67. The van der Waals surface area contributed by atoms with Gasteiger partial charge in [-0.3, -0.25) is 10.1 Å². The zero-order valence-corrected chi connectivity index (χ0v) is 10.6. The molecule has 0 saturated carbocycles. The highest BCUT2D eigenvalue weighted by atomic mass is 16.6. The Balaban J connectivity index is 2.29. The van der Waals surface area contributed by atoms with Crippen LogP contribution in [0.15, 0.2) is 18.2 Å². The topological polar surface area (TPSA) is 90.4 Å². The lowest BCUT2D eigenvalue weighted by molar-refractivity contribution is -0.385. The van der Waals surface area contributed by atoms with Crippen LogP contribution in [0.3, 0.4) is 0 Å². The monoisotopic (exact) mass is 261 g/mol. The summed E-state index contributed by atoms with van der Waals surface area (Å²) in [7, 11) is 0. The van der Waals surface area contributed by atoms with Crippen LogP contribution in [0.5, 0.6) is 0 Å². The van der Waals surface area contributed by atoms with Crippen LogP contribution in [0.25, 0.3) is 0 Å². The molecule has 1 N–H and O–H groups in total. The third kappa shape index (κ3) is 2.66. The van der Waals surface area contributed by atoms with Crippen molar-refractivity contribution in [3.63, 3.8) is 0 Å². The minimum Gasteiger partial charge on any atom is -0.391 e. The van der Waals surface area contributed by atoms with E-state index in [1.165, 1.54) is 12.1 Å². The maximum Gasteiger partial charge on any atom is 0.289 e. The molecule has 1 saturated heterocycles. The molecule has 1 aromatic rings. The molecule has 6 nitrogen and oxygen atoms in total. The maximum absolute atomic E-state index is 10.9. The molecule has 1 aromatic carbocycles. The summed E-state index contributed by atoms with van der Waals surface area (Å²) in [6.07, 6.45) is 0.415. The smallest absolute Gasteiger partial charge is 0.289 e. The lowest BCUT2D eigenvalue weighted by Crippen LogP contribution is -2.42. The molecule has 0 aromatic heterocycles. The quantitative estimate of drug-likeness (QED) is 0.646. The highest BCUT2D eigenvalue weighted by molar-refractivity contribution is 5.60. The van der Waals surface area contributed by atoms with Gasteiger partial charge in [-0.25, -0.2) is 0 Å². The number of nitro benzene ring substituents is 1. The highest BCUT2D eigenvalue weighted by Crippen LogP contribution is 2.28. The molecule has 100 valence electrons. The van der Waals surface area contributed by atoms with Crippen LogP contribution in [0, 0.1) is 27.4 Å². The summed E-state index contributed by atoms with van der Waals surface area (Å²) in [5, 5.41) is 29.6. The summed E-state index contributed by atoms with van der Waals surface area (Å²) in [4.78, 5) is 12.3. The van der Waals surface area contributed by atoms with Crippen LogP contribution in [0.1, 0.15) is 18.9 Å². The molecule has 1 fully saturated rings. The van der Waals surface area contributed by atoms with Crippen LogP contribution >= 0.6 is 0 Å². The van der Waals surface area contributed by atoms with Gasteiger partial charge in [-0.1, -0.05) is 6.92 Å². The van der Waals surface area contributed by atoms with Crippen molar-refractivity contribution in [2.24, 2.45) is 5.92 Å². The first-order valence-electron chi connectivity index (χ1n) is 6.14. The lowest BCUT2D eigenvalue weighted by Gasteiger charge is -2.35. The first kappa shape index (κ1) is 13.3. The van der Waals surface area contributed by atoms with Gasteiger partial charge in [0.15, 0.2) is 0 Å². The van der Waals surface area contributed by atoms with Crippen molar-refractivity contribution >= 4 is 11.4 Å². The van der Waals surface area contributed by atoms with E-state index in [-0.39, 0.29) is 17.2 Å². The Morgan fingerprint density at radius 1 is 1.58 bits per heavy atom. The Labute approximate surface area is 111 Å². The minimum atomic E-state index is -0.551. The van der Waals surface area contributed by atoms with Crippen molar-refractivity contribution < 1.29 is 10.0 Å². The number of anilines is 1. The van der Waals surface area contributed by atoms with E-state index in [9.17, 15) is 15.2 Å². The van der Waals surface area contributed by atoms with Gasteiger partial charge in [0, 0.05) is 24.8 Å². The molecular formula is C13H15N3O3. The van der Waals surface area contributed by atoms with Crippen molar-refractivity contribution in [2.75, 3.05) is 18.0 Å². The van der Waals surface area contributed by atoms with Gasteiger partial charge in [0.25, 0.3) is 5.69 Å². The van der Waals surface area contributed by atoms with Crippen LogP contribution < -0.4 is 4.90 Å². The van der Waals surface area contributed by atoms with Crippen LogP contribution in [-0.2, 0) is 0 Å². The summed E-state index contributed by atoms with van der Waals surface area (Å²) < 4.78 is 0. The molecule has 1 aliphatic rings. The van der Waals surface area contributed by atoms with Gasteiger partial charge >= 0.3 is 0 Å². The van der Waals surface area contributed by atoms with Crippen molar-refractivity contribution in [3.8, 4) is 6.07 Å². The molecule has 0 aliphatic carbocycles. The van der Waals surface area contributed by atoms with Crippen molar-refractivity contribution in [2.45, 2.75) is 19.4 Å². The van der Waals surface area contributed by atoms with Gasteiger partial charge in [0.1, 0.15) is 11.6 Å². The maximum atomic E-state index is 10.9. The molecule has 0 bridgehead atoms. The molecule has 0 amide bonds. The number of aliphatic hydroxyl groups is 1. The van der Waals surface area contributed by atoms with E-state index in [0.717, 1.165) is 13.0 Å². The molecule has 1 heterocycles. The zero-order chi connectivity index (χ0) is 14.0. The van der Waals surface area contributed by atoms with Crippen molar-refractivity contribution in [3.05, 3.63) is 33.9 Å². The van der Waals surface area contributed by atoms with E-state index in [2.05, 4.69) is 0 Å². The summed E-state index contributed by atoms with van der Waals surface area (Å²) in [5.74, 6) is 0.240. The number of benzene rings is 1. The van der Waals surface area contributed by atoms with Gasteiger partial charge in [0.2, 0.25) is 0 Å². The fourth-order valence-corrected chi connectivity index (χ4v) is 2.25. The summed E-state index contributed by atoms with van der Waals surface area (Å²) in [6.45, 7) is 3.20. The number of nitriles is 1. The number of nitro groups is 1. The molecular weight excluding hydrogens is 246 g/mol. The Bertz CT molecular complexity index is 538. The van der Waals surface area contributed by atoms with Gasteiger partial charge in [-0.2, -0.15) is 5.26 Å². The minimum absolute atomic E-state index is 0.0553. The number of β-amino-alcohol motifs (C(OH)–C–C–N with tert-alkyl or cyclic N) is 1. The molecule has 0 spiro atoms. The van der Waals surface area contributed by atoms with E-state index in [1.54, 1.807) is 6.07 Å². The summed E-state index contributed by atoms with van der Waals surface area (Å²) in [6, 6.07) is 6.36. The highest BCUT2D eigenvalue weighted by Gasteiger charge is 2.25. The molecule has 0 radical (unpaired) electrons. The van der Waals surface area contributed by atoms with Crippen LogP contribution in [0.4, 0.5) is 11.4 Å². The predicted molar refractivity (Wildman–Crippen MR) is 69.8 cm³/mol. The largest absolute Gasteiger partial charge is 0.391 e. The number of aliphatic hydroxyl groups excluding tert-OH is 1. The number of hydrogen-bond acceptors (Lipinski definition) is 5. The number of piperidine rings is 1. The third-order valence-electron chi connectivity index (χ3n) is 3.58. The Morgan fingerprint density at radius 3 is 2.89 bits per heavy atom. The Hall–Kier alpha value is -2.13. The Kier molecular flexibility index (Phi) is 3.67. The zero-order valence-electron chi connectivity index (χ0n) is 10.6. The van der Waals surface area contributed by atoms with Crippen molar-refractivity contribution in [1.29, 1.82) is 5.26 Å². The molecule has 2 unspecified atom stereocenters. The van der Waals surface area contributed by atoms with Gasteiger partial charge in [0.05, 0.1) is 11.0 Å². The lowest BCUT2D eigenvalue weighted by atomic mass is 9.95. The molecule has 1 aliphatic heterocycles.